The van der Waals surface area contributed by atoms with Crippen LogP contribution in [0, 0.1) is 5.92 Å². The second-order valence-corrected chi connectivity index (χ2v) is 7.86. The fourth-order valence-electron chi connectivity index (χ4n) is 2.84. The Morgan fingerprint density at radius 3 is 2.65 bits per heavy atom. The fraction of sp³-hybridized carbons (Fsp3) is 0.400. The van der Waals surface area contributed by atoms with Crippen molar-refractivity contribution in [1.82, 2.24) is 5.32 Å². The number of hydrogen-bond donors (Lipinski definition) is 1. The predicted octanol–water partition coefficient (Wildman–Crippen LogP) is 5.23. The minimum Gasteiger partial charge on any atom is -0.343 e. The molecule has 2 aromatic rings. The van der Waals surface area contributed by atoms with E-state index >= 15 is 0 Å². The lowest BCUT2D eigenvalue weighted by molar-refractivity contribution is 0.0926. The molecule has 0 bridgehead atoms. The Kier molecular flexibility index (Phi) is 4.58. The van der Waals surface area contributed by atoms with E-state index in [9.17, 15) is 4.79 Å². The van der Waals surface area contributed by atoms with E-state index in [0.29, 0.717) is 5.92 Å². The van der Waals surface area contributed by atoms with Gasteiger partial charge in [-0.25, -0.2) is 0 Å². The summed E-state index contributed by atoms with van der Waals surface area (Å²) < 4.78 is 0.886. The number of hydrogen-bond acceptors (Lipinski definition) is 3. The first-order chi connectivity index (χ1) is 9.75. The molecular formula is C15H16BrNOS2. The van der Waals surface area contributed by atoms with E-state index in [1.165, 1.54) is 41.9 Å². The highest BCUT2D eigenvalue weighted by Gasteiger charge is 2.29. The Morgan fingerprint density at radius 2 is 2.05 bits per heavy atom. The highest BCUT2D eigenvalue weighted by molar-refractivity contribution is 9.10. The minimum absolute atomic E-state index is 0.0391. The van der Waals surface area contributed by atoms with Gasteiger partial charge >= 0.3 is 0 Å². The van der Waals surface area contributed by atoms with Crippen molar-refractivity contribution in [3.63, 3.8) is 0 Å². The molecule has 1 amide bonds. The van der Waals surface area contributed by atoms with Crippen molar-refractivity contribution in [1.29, 1.82) is 0 Å². The van der Waals surface area contributed by atoms with E-state index in [0.717, 1.165) is 9.35 Å². The lowest BCUT2D eigenvalue weighted by atomic mass is 9.96. The quantitative estimate of drug-likeness (QED) is 0.784. The SMILES string of the molecule is O=C(NC(c1cccs1)C1CCCC1)c1sccc1Br. The summed E-state index contributed by atoms with van der Waals surface area (Å²) in [5.41, 5.74) is 0. The van der Waals surface area contributed by atoms with Gasteiger partial charge in [0.1, 0.15) is 4.88 Å². The molecule has 0 aliphatic heterocycles. The monoisotopic (exact) mass is 369 g/mol. The number of carbonyl (C=O) groups is 1. The number of rotatable bonds is 4. The lowest BCUT2D eigenvalue weighted by Crippen LogP contribution is -2.31. The first kappa shape index (κ1) is 14.3. The summed E-state index contributed by atoms with van der Waals surface area (Å²) in [6.07, 6.45) is 5.00. The van der Waals surface area contributed by atoms with Crippen LogP contribution in [0.1, 0.15) is 46.3 Å². The molecule has 0 spiro atoms. The highest BCUT2D eigenvalue weighted by Crippen LogP contribution is 2.37. The summed E-state index contributed by atoms with van der Waals surface area (Å²) in [7, 11) is 0. The van der Waals surface area contributed by atoms with Crippen molar-refractivity contribution in [2.75, 3.05) is 0 Å². The smallest absolute Gasteiger partial charge is 0.263 e. The number of halogens is 1. The van der Waals surface area contributed by atoms with Gasteiger partial charge in [-0.15, -0.1) is 22.7 Å². The van der Waals surface area contributed by atoms with Gasteiger partial charge in [-0.2, -0.15) is 0 Å². The summed E-state index contributed by atoms with van der Waals surface area (Å²) in [4.78, 5) is 14.5. The van der Waals surface area contributed by atoms with Crippen LogP contribution in [0.3, 0.4) is 0 Å². The Labute approximate surface area is 135 Å². The van der Waals surface area contributed by atoms with Gasteiger partial charge in [-0.3, -0.25) is 4.79 Å². The average Bonchev–Trinajstić information content (AvgIpc) is 3.18. The first-order valence-electron chi connectivity index (χ1n) is 6.83. The zero-order valence-electron chi connectivity index (χ0n) is 11.0. The van der Waals surface area contributed by atoms with Crippen LogP contribution in [0.25, 0.3) is 0 Å². The molecule has 5 heteroatoms. The van der Waals surface area contributed by atoms with Crippen molar-refractivity contribution in [2.24, 2.45) is 5.92 Å². The molecule has 1 fully saturated rings. The predicted molar refractivity (Wildman–Crippen MR) is 88.5 cm³/mol. The molecule has 0 radical (unpaired) electrons. The van der Waals surface area contributed by atoms with Gasteiger partial charge in [-0.05, 0) is 57.6 Å². The standard InChI is InChI=1S/C15H16BrNOS2/c16-11-7-9-20-14(11)15(18)17-13(10-4-1-2-5-10)12-6-3-8-19-12/h3,6-10,13H,1-2,4-5H2,(H,17,18). The average molecular weight is 370 g/mol. The van der Waals surface area contributed by atoms with E-state index < -0.39 is 0 Å². The van der Waals surface area contributed by atoms with E-state index in [1.54, 1.807) is 11.3 Å². The van der Waals surface area contributed by atoms with Gasteiger partial charge in [-0.1, -0.05) is 18.9 Å². The Hall–Kier alpha value is -0.650. The van der Waals surface area contributed by atoms with E-state index in [1.807, 2.05) is 11.4 Å². The van der Waals surface area contributed by atoms with E-state index in [4.69, 9.17) is 0 Å². The van der Waals surface area contributed by atoms with Crippen LogP contribution >= 0.6 is 38.6 Å². The molecule has 1 saturated carbocycles. The van der Waals surface area contributed by atoms with Crippen LogP contribution in [0.4, 0.5) is 0 Å². The molecule has 1 aliphatic rings. The number of thiophene rings is 2. The van der Waals surface area contributed by atoms with Gasteiger partial charge in [0.2, 0.25) is 0 Å². The van der Waals surface area contributed by atoms with Crippen LogP contribution in [0.2, 0.25) is 0 Å². The third kappa shape index (κ3) is 3.00. The molecule has 2 heterocycles. The van der Waals surface area contributed by atoms with E-state index in [2.05, 4.69) is 38.8 Å². The lowest BCUT2D eigenvalue weighted by Gasteiger charge is -2.23. The van der Waals surface area contributed by atoms with E-state index in [-0.39, 0.29) is 11.9 Å². The van der Waals surface area contributed by atoms with Gasteiger partial charge in [0.05, 0.1) is 6.04 Å². The maximum absolute atomic E-state index is 12.5. The largest absolute Gasteiger partial charge is 0.343 e. The van der Waals surface area contributed by atoms with Gasteiger partial charge < -0.3 is 5.32 Å². The zero-order chi connectivity index (χ0) is 13.9. The molecule has 20 heavy (non-hydrogen) atoms. The molecule has 1 unspecified atom stereocenters. The molecule has 1 N–H and O–H groups in total. The van der Waals surface area contributed by atoms with Crippen molar-refractivity contribution < 1.29 is 4.79 Å². The second-order valence-electron chi connectivity index (χ2n) is 5.11. The fourth-order valence-corrected chi connectivity index (χ4v) is 5.17. The van der Waals surface area contributed by atoms with Gasteiger partial charge in [0.15, 0.2) is 0 Å². The van der Waals surface area contributed by atoms with Gasteiger partial charge in [0.25, 0.3) is 5.91 Å². The second kappa shape index (κ2) is 6.41. The molecule has 106 valence electrons. The summed E-state index contributed by atoms with van der Waals surface area (Å²) in [5.74, 6) is 0.619. The number of amides is 1. The summed E-state index contributed by atoms with van der Waals surface area (Å²) in [6, 6.07) is 6.29. The third-order valence-corrected chi connectivity index (χ3v) is 6.62. The Balaban J connectivity index is 1.80. The summed E-state index contributed by atoms with van der Waals surface area (Å²) in [6.45, 7) is 0. The van der Waals surface area contributed by atoms with Crippen LogP contribution in [-0.2, 0) is 0 Å². The molecule has 2 nitrogen and oxygen atoms in total. The molecule has 1 aliphatic carbocycles. The topological polar surface area (TPSA) is 29.1 Å². The maximum atomic E-state index is 12.5. The zero-order valence-corrected chi connectivity index (χ0v) is 14.2. The molecule has 1 atom stereocenters. The normalized spacial score (nSPS) is 17.2. The van der Waals surface area contributed by atoms with Crippen LogP contribution < -0.4 is 5.32 Å². The minimum atomic E-state index is 0.0391. The Bertz CT molecular complexity index is 572. The molecule has 0 saturated heterocycles. The molecule has 3 rings (SSSR count). The Morgan fingerprint density at radius 1 is 1.25 bits per heavy atom. The summed E-state index contributed by atoms with van der Waals surface area (Å²) in [5, 5.41) is 7.28. The van der Waals surface area contributed by atoms with Crippen molar-refractivity contribution in [3.05, 3.63) is 43.2 Å². The highest BCUT2D eigenvalue weighted by atomic mass is 79.9. The van der Waals surface area contributed by atoms with Crippen LogP contribution in [0.15, 0.2) is 33.4 Å². The molecule has 2 aromatic heterocycles. The first-order valence-corrected chi connectivity index (χ1v) is 9.38. The van der Waals surface area contributed by atoms with Crippen molar-refractivity contribution in [2.45, 2.75) is 31.7 Å². The van der Waals surface area contributed by atoms with Crippen molar-refractivity contribution in [3.8, 4) is 0 Å². The van der Waals surface area contributed by atoms with Crippen LogP contribution in [0.5, 0.6) is 0 Å². The number of carbonyl (C=O) groups excluding carboxylic acids is 1. The van der Waals surface area contributed by atoms with Crippen LogP contribution in [-0.4, -0.2) is 5.91 Å². The van der Waals surface area contributed by atoms with Crippen molar-refractivity contribution >= 4 is 44.5 Å². The number of nitrogens with one attached hydrogen (secondary N) is 1. The molecule has 0 aromatic carbocycles. The summed E-state index contributed by atoms with van der Waals surface area (Å²) >= 11 is 6.66. The van der Waals surface area contributed by atoms with Gasteiger partial charge in [0, 0.05) is 9.35 Å². The molecular weight excluding hydrogens is 354 g/mol. The maximum Gasteiger partial charge on any atom is 0.263 e. The third-order valence-electron chi connectivity index (χ3n) is 3.83.